The Balaban J connectivity index is 1.68. The number of nitrogens with one attached hydrogen (secondary N) is 4. The highest BCUT2D eigenvalue weighted by Crippen LogP contribution is 2.34. The van der Waals surface area contributed by atoms with Crippen LogP contribution in [-0.2, 0) is 9.59 Å². The summed E-state index contributed by atoms with van der Waals surface area (Å²) in [5.41, 5.74) is 3.28. The van der Waals surface area contributed by atoms with Gasteiger partial charge in [0.2, 0.25) is 5.91 Å². The van der Waals surface area contributed by atoms with Crippen molar-refractivity contribution in [3.8, 4) is 0 Å². The van der Waals surface area contributed by atoms with Gasteiger partial charge in [0.15, 0.2) is 0 Å². The van der Waals surface area contributed by atoms with Gasteiger partial charge in [0.25, 0.3) is 11.8 Å². The van der Waals surface area contributed by atoms with E-state index in [-0.39, 0.29) is 36.8 Å². The number of carbonyl (C=O) groups is 3. The molecule has 2 atom stereocenters. The molecule has 1 aliphatic heterocycles. The predicted octanol–water partition coefficient (Wildman–Crippen LogP) is 1.63. The molecule has 6 N–H and O–H groups in total. The first-order valence-electron chi connectivity index (χ1n) is 11.0. The highest BCUT2D eigenvalue weighted by molar-refractivity contribution is 6.34. The van der Waals surface area contributed by atoms with Crippen LogP contribution in [-0.4, -0.2) is 58.2 Å². The number of aromatic nitrogens is 1. The summed E-state index contributed by atoms with van der Waals surface area (Å²) in [7, 11) is 0. The van der Waals surface area contributed by atoms with Crippen LogP contribution in [0.5, 0.6) is 0 Å². The van der Waals surface area contributed by atoms with Crippen molar-refractivity contribution in [1.29, 1.82) is 0 Å². The van der Waals surface area contributed by atoms with Gasteiger partial charge in [0, 0.05) is 42.1 Å². The molecule has 1 aliphatic rings. The number of halogens is 1. The topological polar surface area (TPSA) is 144 Å². The zero-order chi connectivity index (χ0) is 25.0. The minimum Gasteiger partial charge on any atom is -0.392 e. The maximum atomic E-state index is 13.7. The molecule has 0 fully saturated rings. The molecular weight excluding hydrogens is 443 g/mol. The van der Waals surface area contributed by atoms with Crippen molar-refractivity contribution in [2.45, 2.75) is 45.8 Å². The Morgan fingerprint density at radius 3 is 2.62 bits per heavy atom. The van der Waals surface area contributed by atoms with Crippen molar-refractivity contribution in [2.24, 2.45) is 0 Å². The van der Waals surface area contributed by atoms with E-state index in [0.717, 1.165) is 0 Å². The van der Waals surface area contributed by atoms with Crippen molar-refractivity contribution in [3.05, 3.63) is 52.1 Å². The van der Waals surface area contributed by atoms with Crippen LogP contribution in [0.15, 0.2) is 18.2 Å². The Hall–Kier alpha value is -3.50. The monoisotopic (exact) mass is 472 g/mol. The van der Waals surface area contributed by atoms with Crippen LogP contribution in [0, 0.1) is 19.7 Å². The van der Waals surface area contributed by atoms with Gasteiger partial charge in [0.1, 0.15) is 5.82 Å². The normalized spacial score (nSPS) is 15.6. The molecule has 34 heavy (non-hydrogen) atoms. The van der Waals surface area contributed by atoms with Crippen LogP contribution in [0.4, 0.5) is 10.1 Å². The molecule has 0 radical (unpaired) electrons. The summed E-state index contributed by atoms with van der Waals surface area (Å²) in [4.78, 5) is 39.8. The van der Waals surface area contributed by atoms with Crippen LogP contribution < -0.4 is 16.0 Å². The summed E-state index contributed by atoms with van der Waals surface area (Å²) in [6.07, 6.45) is -0.689. The summed E-state index contributed by atoms with van der Waals surface area (Å²) in [6.45, 7) is 5.53. The molecule has 2 heterocycles. The Morgan fingerprint density at radius 2 is 1.91 bits per heavy atom. The van der Waals surface area contributed by atoms with Crippen molar-refractivity contribution in [3.63, 3.8) is 0 Å². The zero-order valence-electron chi connectivity index (χ0n) is 19.3. The number of H-pyrrole nitrogens is 1. The molecule has 1 aromatic carbocycles. The molecule has 182 valence electrons. The zero-order valence-corrected chi connectivity index (χ0v) is 19.3. The number of aliphatic hydroxyl groups excluding tert-OH is 2. The van der Waals surface area contributed by atoms with Crippen LogP contribution in [0.25, 0.3) is 11.6 Å². The van der Waals surface area contributed by atoms with E-state index in [9.17, 15) is 29.0 Å². The van der Waals surface area contributed by atoms with E-state index < -0.39 is 23.9 Å². The van der Waals surface area contributed by atoms with E-state index >= 15 is 0 Å². The van der Waals surface area contributed by atoms with E-state index in [1.54, 1.807) is 26.8 Å². The highest BCUT2D eigenvalue weighted by atomic mass is 19.1. The van der Waals surface area contributed by atoms with Gasteiger partial charge in [-0.25, -0.2) is 4.39 Å². The molecule has 0 spiro atoms. The molecule has 0 bridgehead atoms. The molecule has 1 aromatic heterocycles. The van der Waals surface area contributed by atoms with E-state index in [1.165, 1.54) is 18.2 Å². The number of anilines is 1. The number of hydrogen-bond donors (Lipinski definition) is 6. The first-order valence-corrected chi connectivity index (χ1v) is 11.0. The Morgan fingerprint density at radius 1 is 1.18 bits per heavy atom. The average Bonchev–Trinajstić information content (AvgIpc) is 3.21. The number of carbonyl (C=O) groups excluding carboxylic acids is 3. The largest absolute Gasteiger partial charge is 0.392 e. The minimum absolute atomic E-state index is 0.0645. The van der Waals surface area contributed by atoms with E-state index in [1.807, 2.05) is 0 Å². The quantitative estimate of drug-likeness (QED) is 0.308. The van der Waals surface area contributed by atoms with Gasteiger partial charge >= 0.3 is 0 Å². The SMILES string of the molecule is CCNC(=O)C[C@H](O)C[C@H](O)CNC(=O)c1c(C)[nH]c(C=C2C(=O)Nc3ccc(F)cc32)c1C. The molecule has 9 nitrogen and oxygen atoms in total. The van der Waals surface area contributed by atoms with Crippen molar-refractivity contribution in [1.82, 2.24) is 15.6 Å². The number of aliphatic hydroxyl groups is 2. The van der Waals surface area contributed by atoms with Gasteiger partial charge in [-0.2, -0.15) is 0 Å². The highest BCUT2D eigenvalue weighted by Gasteiger charge is 2.26. The third-order valence-electron chi connectivity index (χ3n) is 5.59. The summed E-state index contributed by atoms with van der Waals surface area (Å²) in [6, 6.07) is 4.04. The predicted molar refractivity (Wildman–Crippen MR) is 125 cm³/mol. The lowest BCUT2D eigenvalue weighted by Gasteiger charge is -2.16. The fraction of sp³-hybridized carbons (Fsp3) is 0.375. The smallest absolute Gasteiger partial charge is 0.256 e. The maximum Gasteiger partial charge on any atom is 0.256 e. The number of amides is 3. The molecule has 0 unspecified atom stereocenters. The average molecular weight is 473 g/mol. The van der Waals surface area contributed by atoms with Crippen LogP contribution >= 0.6 is 0 Å². The lowest BCUT2D eigenvalue weighted by atomic mass is 10.0. The maximum absolute atomic E-state index is 13.7. The van der Waals surface area contributed by atoms with E-state index in [4.69, 9.17) is 0 Å². The van der Waals surface area contributed by atoms with Gasteiger partial charge in [-0.3, -0.25) is 14.4 Å². The van der Waals surface area contributed by atoms with Crippen LogP contribution in [0.2, 0.25) is 0 Å². The number of aryl methyl sites for hydroxylation is 1. The fourth-order valence-electron chi connectivity index (χ4n) is 3.97. The molecular formula is C24H29FN4O5. The van der Waals surface area contributed by atoms with Gasteiger partial charge in [-0.1, -0.05) is 0 Å². The fourth-order valence-corrected chi connectivity index (χ4v) is 3.97. The molecule has 2 aromatic rings. The molecule has 3 amide bonds. The molecule has 0 saturated carbocycles. The van der Waals surface area contributed by atoms with Crippen molar-refractivity contribution < 1.29 is 29.0 Å². The van der Waals surface area contributed by atoms with Crippen molar-refractivity contribution in [2.75, 3.05) is 18.4 Å². The van der Waals surface area contributed by atoms with Gasteiger partial charge < -0.3 is 31.1 Å². The van der Waals surface area contributed by atoms with E-state index in [0.29, 0.717) is 40.3 Å². The lowest BCUT2D eigenvalue weighted by Crippen LogP contribution is -2.35. The van der Waals surface area contributed by atoms with Gasteiger partial charge in [-0.05, 0) is 50.6 Å². The Bertz CT molecular complexity index is 1140. The number of aromatic amines is 1. The molecule has 3 rings (SSSR count). The van der Waals surface area contributed by atoms with Crippen LogP contribution in [0.1, 0.15) is 52.6 Å². The second kappa shape index (κ2) is 10.6. The number of rotatable bonds is 9. The van der Waals surface area contributed by atoms with Gasteiger partial charge in [-0.15, -0.1) is 0 Å². The summed E-state index contributed by atoms with van der Waals surface area (Å²) in [5.74, 6) is -1.58. The van der Waals surface area contributed by atoms with E-state index in [2.05, 4.69) is 20.9 Å². The summed E-state index contributed by atoms with van der Waals surface area (Å²) < 4.78 is 13.7. The number of benzene rings is 1. The van der Waals surface area contributed by atoms with Crippen molar-refractivity contribution >= 4 is 35.1 Å². The molecule has 0 aliphatic carbocycles. The first-order chi connectivity index (χ1) is 16.1. The second-order valence-electron chi connectivity index (χ2n) is 8.28. The van der Waals surface area contributed by atoms with Gasteiger partial charge in [0.05, 0.1) is 29.8 Å². The summed E-state index contributed by atoms with van der Waals surface area (Å²) in [5, 5.41) is 28.0. The van der Waals surface area contributed by atoms with Crippen LogP contribution in [0.3, 0.4) is 0 Å². The number of hydrogen-bond acceptors (Lipinski definition) is 5. The molecule has 10 heteroatoms. The third kappa shape index (κ3) is 5.70. The standard InChI is InChI=1S/C24H29FN4O5/c1-4-26-21(32)9-15(30)8-16(31)11-27-24(34)22-12(2)20(28-13(22)3)10-18-17-7-14(25)5-6-19(17)29-23(18)33/h5-7,10,15-16,28,30-31H,4,8-9,11H2,1-3H3,(H,26,32)(H,27,34)(H,29,33)/t15-,16+/m1/s1. The Labute approximate surface area is 196 Å². The first kappa shape index (κ1) is 25.1. The molecule has 0 saturated heterocycles. The Kier molecular flexibility index (Phi) is 7.85. The third-order valence-corrected chi connectivity index (χ3v) is 5.59. The lowest BCUT2D eigenvalue weighted by molar-refractivity contribution is -0.123. The minimum atomic E-state index is -1.04. The second-order valence-corrected chi connectivity index (χ2v) is 8.28. The number of fused-ring (bicyclic) bond motifs is 1. The summed E-state index contributed by atoms with van der Waals surface area (Å²) >= 11 is 0.